The summed E-state index contributed by atoms with van der Waals surface area (Å²) in [7, 11) is 0. The van der Waals surface area contributed by atoms with Crippen molar-refractivity contribution in [3.8, 4) is 0 Å². The molecule has 0 saturated carbocycles. The molecule has 7 heterocycles. The third kappa shape index (κ3) is 4.12. The van der Waals surface area contributed by atoms with E-state index in [1.54, 1.807) is 0 Å². The Kier molecular flexibility index (Phi) is 5.78. The minimum Gasteiger partial charge on any atom is -0.381 e. The van der Waals surface area contributed by atoms with Gasteiger partial charge in [0.05, 0.1) is 13.2 Å². The van der Waals surface area contributed by atoms with Crippen molar-refractivity contribution in [2.75, 3.05) is 68.8 Å². The van der Waals surface area contributed by atoms with Gasteiger partial charge in [0.1, 0.15) is 22.9 Å². The molecule has 3 aliphatic rings. The van der Waals surface area contributed by atoms with E-state index in [1.807, 2.05) is 12.4 Å². The topological polar surface area (TPSA) is 54.1 Å². The molecule has 3 aliphatic heterocycles. The molecule has 0 aliphatic carbocycles. The molecule has 0 bridgehead atoms. The van der Waals surface area contributed by atoms with Crippen molar-refractivity contribution >= 4 is 28.3 Å². The van der Waals surface area contributed by atoms with E-state index >= 15 is 0 Å². The molecule has 0 radical (unpaired) electrons. The Morgan fingerprint density at radius 2 is 1.64 bits per heavy atom. The second-order valence-corrected chi connectivity index (χ2v) is 10.6. The van der Waals surface area contributed by atoms with E-state index in [0.717, 1.165) is 81.4 Å². The minimum atomic E-state index is 0.824. The van der Waals surface area contributed by atoms with Gasteiger partial charge < -0.3 is 24.0 Å². The zero-order chi connectivity index (χ0) is 23.9. The number of hydrogen-bond donors (Lipinski definition) is 0. The number of ether oxygens (including phenoxy) is 1. The van der Waals surface area contributed by atoms with E-state index in [1.165, 1.54) is 37.1 Å². The molecule has 0 aromatic carbocycles. The number of imidazole rings is 1. The number of rotatable bonds is 6. The van der Waals surface area contributed by atoms with Crippen LogP contribution in [-0.4, -0.2) is 82.9 Å². The van der Waals surface area contributed by atoms with Crippen LogP contribution in [0, 0.1) is 11.8 Å². The number of likely N-dealkylation sites (tertiary alicyclic amines) is 1. The molecule has 188 valence electrons. The number of piperidine rings is 1. The second kappa shape index (κ2) is 9.41. The first kappa shape index (κ1) is 22.1. The predicted octanol–water partition coefficient (Wildman–Crippen LogP) is 3.37. The van der Waals surface area contributed by atoms with Crippen LogP contribution in [0.5, 0.6) is 0 Å². The summed E-state index contributed by atoms with van der Waals surface area (Å²) < 4.78 is 9.94. The first-order chi connectivity index (χ1) is 17.8. The quantitative estimate of drug-likeness (QED) is 0.418. The highest BCUT2D eigenvalue weighted by molar-refractivity contribution is 5.78. The van der Waals surface area contributed by atoms with Gasteiger partial charge >= 0.3 is 0 Å². The standard InChI is InChI=1S/C28H35N7O/c1-2-25-29-9-13-35(25)27(3-1)33-18-16-32(17-19-33)26-5-4-23-8-12-34(28(23)30-26)15-14-31-10-6-22(7-11-31)24-20-36-21-24/h1-5,8-9,12-13,22,24H,6-7,10-11,14-21H2. The molecule has 36 heavy (non-hydrogen) atoms. The van der Waals surface area contributed by atoms with E-state index in [-0.39, 0.29) is 0 Å². The van der Waals surface area contributed by atoms with Crippen molar-refractivity contribution in [1.82, 2.24) is 23.8 Å². The van der Waals surface area contributed by atoms with E-state index in [9.17, 15) is 0 Å². The van der Waals surface area contributed by atoms with Crippen LogP contribution >= 0.6 is 0 Å². The number of nitrogens with zero attached hydrogens (tertiary/aromatic N) is 7. The number of aromatic nitrogens is 4. The molecular weight excluding hydrogens is 450 g/mol. The molecule has 7 rings (SSSR count). The zero-order valence-electron chi connectivity index (χ0n) is 20.9. The molecule has 0 atom stereocenters. The number of anilines is 2. The fraction of sp³-hybridized carbons (Fsp3) is 0.500. The second-order valence-electron chi connectivity index (χ2n) is 10.6. The van der Waals surface area contributed by atoms with Gasteiger partial charge in [-0.3, -0.25) is 4.40 Å². The lowest BCUT2D eigenvalue weighted by Crippen LogP contribution is -2.47. The lowest BCUT2D eigenvalue weighted by molar-refractivity contribution is -0.0723. The van der Waals surface area contributed by atoms with Crippen LogP contribution in [0.1, 0.15) is 12.8 Å². The van der Waals surface area contributed by atoms with Crippen molar-refractivity contribution in [2.24, 2.45) is 11.8 Å². The van der Waals surface area contributed by atoms with Crippen molar-refractivity contribution in [2.45, 2.75) is 19.4 Å². The molecule has 3 saturated heterocycles. The molecule has 4 aromatic rings. The summed E-state index contributed by atoms with van der Waals surface area (Å²) in [5.74, 6) is 4.00. The maximum absolute atomic E-state index is 5.41. The van der Waals surface area contributed by atoms with Gasteiger partial charge in [-0.2, -0.15) is 0 Å². The highest BCUT2D eigenvalue weighted by Gasteiger charge is 2.31. The Labute approximate surface area is 212 Å². The van der Waals surface area contributed by atoms with Gasteiger partial charge in [0.2, 0.25) is 0 Å². The van der Waals surface area contributed by atoms with Crippen LogP contribution in [0.4, 0.5) is 11.6 Å². The fourth-order valence-electron chi connectivity index (χ4n) is 6.18. The third-order valence-corrected chi connectivity index (χ3v) is 8.55. The van der Waals surface area contributed by atoms with E-state index in [4.69, 9.17) is 9.72 Å². The minimum absolute atomic E-state index is 0.824. The summed E-state index contributed by atoms with van der Waals surface area (Å²) in [4.78, 5) is 17.1. The normalized spacial score (nSPS) is 20.4. The van der Waals surface area contributed by atoms with Gasteiger partial charge in [-0.1, -0.05) is 6.07 Å². The summed E-state index contributed by atoms with van der Waals surface area (Å²) in [6.45, 7) is 10.4. The van der Waals surface area contributed by atoms with Crippen LogP contribution in [-0.2, 0) is 11.3 Å². The molecular formula is C28H35N7O. The maximum Gasteiger partial charge on any atom is 0.142 e. The lowest BCUT2D eigenvalue weighted by Gasteiger charge is -2.39. The van der Waals surface area contributed by atoms with Crippen molar-refractivity contribution < 1.29 is 4.74 Å². The van der Waals surface area contributed by atoms with Crippen LogP contribution in [0.25, 0.3) is 16.7 Å². The predicted molar refractivity (Wildman–Crippen MR) is 143 cm³/mol. The Bertz CT molecular complexity index is 1330. The molecule has 8 heteroatoms. The summed E-state index contributed by atoms with van der Waals surface area (Å²) in [5, 5.41) is 1.23. The van der Waals surface area contributed by atoms with Gasteiger partial charge in [0.25, 0.3) is 0 Å². The maximum atomic E-state index is 5.41. The van der Waals surface area contributed by atoms with Gasteiger partial charge in [-0.25, -0.2) is 9.97 Å². The number of pyridine rings is 2. The average molecular weight is 486 g/mol. The number of fused-ring (bicyclic) bond motifs is 2. The molecule has 0 spiro atoms. The molecule has 0 amide bonds. The Morgan fingerprint density at radius 1 is 0.806 bits per heavy atom. The zero-order valence-corrected chi connectivity index (χ0v) is 20.9. The summed E-state index contributed by atoms with van der Waals surface area (Å²) in [6.07, 6.45) is 8.78. The van der Waals surface area contributed by atoms with Crippen LogP contribution < -0.4 is 9.80 Å². The first-order valence-corrected chi connectivity index (χ1v) is 13.5. The number of hydrogen-bond acceptors (Lipinski definition) is 6. The molecule has 4 aromatic heterocycles. The third-order valence-electron chi connectivity index (χ3n) is 8.55. The summed E-state index contributed by atoms with van der Waals surface area (Å²) in [5.41, 5.74) is 2.11. The van der Waals surface area contributed by atoms with Gasteiger partial charge in [0.15, 0.2) is 0 Å². The molecule has 3 fully saturated rings. The van der Waals surface area contributed by atoms with Gasteiger partial charge in [0, 0.05) is 69.2 Å². The van der Waals surface area contributed by atoms with E-state index < -0.39 is 0 Å². The number of piperazine rings is 1. The molecule has 0 unspecified atom stereocenters. The average Bonchev–Trinajstić information content (AvgIpc) is 3.54. The highest BCUT2D eigenvalue weighted by Crippen LogP contribution is 2.30. The summed E-state index contributed by atoms with van der Waals surface area (Å²) in [6, 6.07) is 13.0. The fourth-order valence-corrected chi connectivity index (χ4v) is 6.18. The van der Waals surface area contributed by atoms with Crippen molar-refractivity contribution in [1.29, 1.82) is 0 Å². The molecule has 8 nitrogen and oxygen atoms in total. The van der Waals surface area contributed by atoms with Crippen molar-refractivity contribution in [3.63, 3.8) is 0 Å². The SMILES string of the molecule is c1cc(N2CCN(c3ccc4ccn(CCN5CCC(C6COC6)CC5)c4n3)CC2)n2ccnc2c1. The van der Waals surface area contributed by atoms with E-state index in [0.29, 0.717) is 0 Å². The lowest BCUT2D eigenvalue weighted by atomic mass is 9.83. The highest BCUT2D eigenvalue weighted by atomic mass is 16.5. The van der Waals surface area contributed by atoms with Gasteiger partial charge in [-0.05, 0) is 62.2 Å². The van der Waals surface area contributed by atoms with E-state index in [2.05, 4.69) is 71.2 Å². The van der Waals surface area contributed by atoms with Crippen LogP contribution in [0.15, 0.2) is 55.0 Å². The Hall–Kier alpha value is -3.10. The Balaban J connectivity index is 0.991. The van der Waals surface area contributed by atoms with Crippen molar-refractivity contribution in [3.05, 3.63) is 55.0 Å². The monoisotopic (exact) mass is 485 g/mol. The van der Waals surface area contributed by atoms with Crippen LogP contribution in [0.2, 0.25) is 0 Å². The summed E-state index contributed by atoms with van der Waals surface area (Å²) >= 11 is 0. The largest absolute Gasteiger partial charge is 0.381 e. The van der Waals surface area contributed by atoms with Crippen LogP contribution in [0.3, 0.4) is 0 Å². The smallest absolute Gasteiger partial charge is 0.142 e. The molecule has 0 N–H and O–H groups in total. The first-order valence-electron chi connectivity index (χ1n) is 13.5. The Morgan fingerprint density at radius 3 is 2.44 bits per heavy atom. The van der Waals surface area contributed by atoms with Gasteiger partial charge in [-0.15, -0.1) is 0 Å².